The summed E-state index contributed by atoms with van der Waals surface area (Å²) in [6, 6.07) is 4.34. The summed E-state index contributed by atoms with van der Waals surface area (Å²) in [7, 11) is -4.71. The van der Waals surface area contributed by atoms with Crippen LogP contribution in [0, 0.1) is 11.6 Å². The Balaban J connectivity index is 2.42. The van der Waals surface area contributed by atoms with Gasteiger partial charge in [-0.25, -0.2) is 27.0 Å². The van der Waals surface area contributed by atoms with Crippen molar-refractivity contribution in [2.24, 2.45) is 10.9 Å². The number of primary amides is 1. The van der Waals surface area contributed by atoms with Gasteiger partial charge in [0.25, 0.3) is 0 Å². The molecule has 13 heteroatoms. The van der Waals surface area contributed by atoms with Crippen LogP contribution in [0.15, 0.2) is 47.6 Å². The number of carbonyl (C=O) groups excluding carboxylic acids is 1. The van der Waals surface area contributed by atoms with E-state index in [4.69, 9.17) is 10.9 Å². The van der Waals surface area contributed by atoms with Gasteiger partial charge in [-0.1, -0.05) is 6.07 Å². The smallest absolute Gasteiger partial charge is 0.369 e. The first-order chi connectivity index (χ1) is 14.3. The maximum absolute atomic E-state index is 13.8. The topological polar surface area (TPSA) is 121 Å². The third-order valence-corrected chi connectivity index (χ3v) is 5.16. The Morgan fingerprint density at radius 3 is 2.19 bits per heavy atom. The summed E-state index contributed by atoms with van der Waals surface area (Å²) in [6.45, 7) is 0. The van der Waals surface area contributed by atoms with Crippen LogP contribution in [-0.2, 0) is 27.4 Å². The molecule has 164 valence electrons. The number of amides is 1. The van der Waals surface area contributed by atoms with Crippen LogP contribution >= 0.6 is 0 Å². The van der Waals surface area contributed by atoms with Gasteiger partial charge in [0.05, 0.1) is 23.9 Å². The fourth-order valence-corrected chi connectivity index (χ4v) is 4.02. The molecule has 3 aromatic rings. The van der Waals surface area contributed by atoms with Gasteiger partial charge in [0, 0.05) is 17.8 Å². The molecule has 0 atom stereocenters. The van der Waals surface area contributed by atoms with Gasteiger partial charge in [-0.2, -0.15) is 18.3 Å². The molecule has 0 saturated carbocycles. The van der Waals surface area contributed by atoms with E-state index in [0.29, 0.717) is 23.1 Å². The lowest BCUT2D eigenvalue weighted by Crippen LogP contribution is -2.20. The molecule has 4 N–H and O–H groups in total. The number of sulfonamides is 1. The van der Waals surface area contributed by atoms with Crippen molar-refractivity contribution in [1.82, 2.24) is 9.78 Å². The first-order valence-electron chi connectivity index (χ1n) is 8.33. The van der Waals surface area contributed by atoms with Gasteiger partial charge in [0.1, 0.15) is 16.5 Å². The Bertz CT molecular complexity index is 1270. The van der Waals surface area contributed by atoms with E-state index in [1.807, 2.05) is 0 Å². The van der Waals surface area contributed by atoms with Gasteiger partial charge < -0.3 is 5.73 Å². The van der Waals surface area contributed by atoms with E-state index >= 15 is 0 Å². The van der Waals surface area contributed by atoms with Gasteiger partial charge in [-0.05, 0) is 29.3 Å². The Morgan fingerprint density at radius 1 is 1.10 bits per heavy atom. The first-order valence-corrected chi connectivity index (χ1v) is 9.87. The fourth-order valence-electron chi connectivity index (χ4n) is 3.03. The normalized spacial score (nSPS) is 12.2. The summed E-state index contributed by atoms with van der Waals surface area (Å²) in [5.74, 6) is -3.03. The Labute approximate surface area is 172 Å². The average molecular weight is 460 g/mol. The molecule has 0 radical (unpaired) electrons. The molecule has 2 aromatic carbocycles. The molecule has 1 aromatic heterocycles. The van der Waals surface area contributed by atoms with E-state index in [0.717, 1.165) is 18.2 Å². The summed E-state index contributed by atoms with van der Waals surface area (Å²) in [5.41, 5.74) is 2.82. The van der Waals surface area contributed by atoms with Crippen molar-refractivity contribution in [3.63, 3.8) is 0 Å². The van der Waals surface area contributed by atoms with Crippen molar-refractivity contribution in [3.8, 4) is 16.8 Å². The van der Waals surface area contributed by atoms with Gasteiger partial charge >= 0.3 is 6.18 Å². The third-order valence-electron chi connectivity index (χ3n) is 4.18. The second-order valence-electron chi connectivity index (χ2n) is 6.47. The number of aromatic nitrogens is 2. The molecule has 0 bridgehead atoms. The summed E-state index contributed by atoms with van der Waals surface area (Å²) in [6.07, 6.45) is -4.32. The van der Waals surface area contributed by atoms with Crippen LogP contribution in [0.1, 0.15) is 11.1 Å². The number of nitrogens with zero attached hydrogens (tertiary/aromatic N) is 2. The number of hydrogen-bond donors (Lipinski definition) is 2. The quantitative estimate of drug-likeness (QED) is 0.569. The molecule has 7 nitrogen and oxygen atoms in total. The minimum Gasteiger partial charge on any atom is -0.369 e. The van der Waals surface area contributed by atoms with E-state index in [1.54, 1.807) is 0 Å². The van der Waals surface area contributed by atoms with E-state index in [-0.39, 0.29) is 16.7 Å². The predicted octanol–water partition coefficient (Wildman–Crippen LogP) is 2.51. The Morgan fingerprint density at radius 2 is 1.71 bits per heavy atom. The fraction of sp³-hybridized carbons (Fsp3) is 0.111. The molecule has 0 aliphatic heterocycles. The van der Waals surface area contributed by atoms with Gasteiger partial charge in [-0.3, -0.25) is 4.79 Å². The van der Waals surface area contributed by atoms with Crippen molar-refractivity contribution in [1.29, 1.82) is 0 Å². The van der Waals surface area contributed by atoms with Crippen LogP contribution < -0.4 is 10.9 Å². The zero-order valence-corrected chi connectivity index (χ0v) is 16.1. The Kier molecular flexibility index (Phi) is 5.58. The van der Waals surface area contributed by atoms with Crippen LogP contribution in [0.4, 0.5) is 22.0 Å². The molecular formula is C18H13F5N4O3S. The van der Waals surface area contributed by atoms with E-state index in [9.17, 15) is 35.2 Å². The minimum atomic E-state index is -4.76. The lowest BCUT2D eigenvalue weighted by atomic mass is 9.96. The van der Waals surface area contributed by atoms with E-state index < -0.39 is 56.3 Å². The highest BCUT2D eigenvalue weighted by molar-refractivity contribution is 7.89. The average Bonchev–Trinajstić information content (AvgIpc) is 3.09. The zero-order chi connectivity index (χ0) is 23.1. The third kappa shape index (κ3) is 4.72. The number of benzene rings is 2. The monoisotopic (exact) mass is 460 g/mol. The highest BCUT2D eigenvalue weighted by Gasteiger charge is 2.33. The standard InChI is InChI=1S/C18H13F5N4O3S/c19-12-3-10(4-13(20)6-12)16-9(5-15(24)28)1-2-14(17(16)31(25,29)30)27-8-11(7-26-27)18(21,22)23/h1-4,6-8H,5H2,(H2,24,28)(H2,25,29,30). The highest BCUT2D eigenvalue weighted by Crippen LogP contribution is 2.37. The maximum Gasteiger partial charge on any atom is 0.419 e. The SMILES string of the molecule is NC(=O)Cc1ccc(-n2cc(C(F)(F)F)cn2)c(S(N)(=O)=O)c1-c1cc(F)cc(F)c1. The predicted molar refractivity (Wildman–Crippen MR) is 98.2 cm³/mol. The molecule has 0 spiro atoms. The van der Waals surface area contributed by atoms with E-state index in [2.05, 4.69) is 5.10 Å². The number of alkyl halides is 3. The number of nitrogens with two attached hydrogens (primary N) is 2. The lowest BCUT2D eigenvalue weighted by molar-refractivity contribution is -0.137. The van der Waals surface area contributed by atoms with Crippen molar-refractivity contribution in [3.05, 3.63) is 65.5 Å². The summed E-state index contributed by atoms with van der Waals surface area (Å²) in [5, 5.41) is 8.83. The van der Waals surface area contributed by atoms with Crippen molar-refractivity contribution in [2.75, 3.05) is 0 Å². The number of rotatable bonds is 5. The number of primary sulfonamides is 1. The second-order valence-corrected chi connectivity index (χ2v) is 7.96. The van der Waals surface area contributed by atoms with Gasteiger partial charge in [0.15, 0.2) is 0 Å². The molecule has 1 heterocycles. The van der Waals surface area contributed by atoms with Crippen molar-refractivity contribution in [2.45, 2.75) is 17.5 Å². The summed E-state index contributed by atoms with van der Waals surface area (Å²) < 4.78 is 92.1. The lowest BCUT2D eigenvalue weighted by Gasteiger charge is -2.18. The van der Waals surface area contributed by atoms with Crippen LogP contribution in [0.5, 0.6) is 0 Å². The maximum atomic E-state index is 13.8. The van der Waals surface area contributed by atoms with Crippen molar-refractivity contribution >= 4 is 15.9 Å². The second kappa shape index (κ2) is 7.74. The zero-order valence-electron chi connectivity index (χ0n) is 15.3. The first kappa shape index (κ1) is 22.4. The van der Waals surface area contributed by atoms with Crippen LogP contribution in [0.25, 0.3) is 16.8 Å². The number of hydrogen-bond acceptors (Lipinski definition) is 4. The molecule has 0 unspecified atom stereocenters. The summed E-state index contributed by atoms with van der Waals surface area (Å²) in [4.78, 5) is 10.7. The van der Waals surface area contributed by atoms with Gasteiger partial charge in [-0.15, -0.1) is 0 Å². The molecule has 0 aliphatic carbocycles. The largest absolute Gasteiger partial charge is 0.419 e. The number of carbonyl (C=O) groups is 1. The van der Waals surface area contributed by atoms with Crippen molar-refractivity contribution < 1.29 is 35.2 Å². The van der Waals surface area contributed by atoms with Gasteiger partial charge in [0.2, 0.25) is 15.9 Å². The molecule has 1 amide bonds. The molecule has 0 saturated heterocycles. The van der Waals surface area contributed by atoms with Crippen LogP contribution in [-0.4, -0.2) is 24.1 Å². The highest BCUT2D eigenvalue weighted by atomic mass is 32.2. The molecule has 0 fully saturated rings. The Hall–Kier alpha value is -3.32. The molecule has 31 heavy (non-hydrogen) atoms. The molecular weight excluding hydrogens is 447 g/mol. The van der Waals surface area contributed by atoms with Crippen LogP contribution in [0.3, 0.4) is 0 Å². The number of halogens is 5. The van der Waals surface area contributed by atoms with Crippen LogP contribution in [0.2, 0.25) is 0 Å². The molecule has 3 rings (SSSR count). The summed E-state index contributed by atoms with van der Waals surface area (Å²) >= 11 is 0. The van der Waals surface area contributed by atoms with E-state index in [1.165, 1.54) is 6.07 Å². The molecule has 0 aliphatic rings. The minimum absolute atomic E-state index is 0.0616.